The minimum Gasteiger partial charge on any atom is -0.383 e. The minimum atomic E-state index is 0.906. The Balaban J connectivity index is 1.84. The van der Waals surface area contributed by atoms with Crippen LogP contribution in [0.15, 0.2) is 0 Å². The molecule has 1 aliphatic heterocycles. The van der Waals surface area contributed by atoms with Crippen molar-refractivity contribution in [1.82, 2.24) is 4.90 Å². The zero-order chi connectivity index (χ0) is 9.10. The molecule has 1 saturated carbocycles. The van der Waals surface area contributed by atoms with Gasteiger partial charge < -0.3 is 4.74 Å². The van der Waals surface area contributed by atoms with E-state index in [0.717, 1.165) is 25.1 Å². The highest BCUT2D eigenvalue weighted by Crippen LogP contribution is 2.35. The first-order valence-corrected chi connectivity index (χ1v) is 5.65. The second kappa shape index (κ2) is 4.43. The fourth-order valence-electron chi connectivity index (χ4n) is 2.99. The van der Waals surface area contributed by atoms with Gasteiger partial charge in [-0.3, -0.25) is 4.90 Å². The third kappa shape index (κ3) is 2.05. The van der Waals surface area contributed by atoms with Gasteiger partial charge in [-0.25, -0.2) is 0 Å². The molecule has 0 bridgehead atoms. The summed E-state index contributed by atoms with van der Waals surface area (Å²) in [6.45, 7) is 3.37. The average molecular weight is 183 g/mol. The van der Waals surface area contributed by atoms with Crippen molar-refractivity contribution in [1.29, 1.82) is 0 Å². The van der Waals surface area contributed by atoms with Crippen molar-refractivity contribution in [3.8, 4) is 0 Å². The summed E-state index contributed by atoms with van der Waals surface area (Å²) in [7, 11) is 1.80. The van der Waals surface area contributed by atoms with Crippen LogP contribution < -0.4 is 0 Å². The summed E-state index contributed by atoms with van der Waals surface area (Å²) in [5.74, 6) is 1.02. The molecule has 1 aliphatic carbocycles. The molecule has 2 rings (SSSR count). The van der Waals surface area contributed by atoms with Crippen molar-refractivity contribution < 1.29 is 4.74 Å². The van der Waals surface area contributed by atoms with Crippen LogP contribution in [0.2, 0.25) is 0 Å². The van der Waals surface area contributed by atoms with Gasteiger partial charge in [0, 0.05) is 19.7 Å². The van der Waals surface area contributed by atoms with Crippen LogP contribution in [0.5, 0.6) is 0 Å². The van der Waals surface area contributed by atoms with Gasteiger partial charge in [-0.05, 0) is 31.7 Å². The molecular weight excluding hydrogens is 162 g/mol. The van der Waals surface area contributed by atoms with E-state index in [1.54, 1.807) is 7.11 Å². The largest absolute Gasteiger partial charge is 0.383 e. The lowest BCUT2D eigenvalue weighted by Crippen LogP contribution is -2.36. The van der Waals surface area contributed by atoms with Crippen LogP contribution in [0.3, 0.4) is 0 Å². The number of methoxy groups -OCH3 is 1. The fraction of sp³-hybridized carbons (Fsp3) is 1.00. The molecule has 0 radical (unpaired) electrons. The van der Waals surface area contributed by atoms with Crippen molar-refractivity contribution in [3.05, 3.63) is 0 Å². The van der Waals surface area contributed by atoms with Gasteiger partial charge in [-0.2, -0.15) is 0 Å². The van der Waals surface area contributed by atoms with Crippen LogP contribution in [0.4, 0.5) is 0 Å². The summed E-state index contributed by atoms with van der Waals surface area (Å²) >= 11 is 0. The number of hydrogen-bond acceptors (Lipinski definition) is 2. The summed E-state index contributed by atoms with van der Waals surface area (Å²) in [5.41, 5.74) is 0. The number of rotatable bonds is 3. The molecule has 1 saturated heterocycles. The maximum atomic E-state index is 5.14. The Morgan fingerprint density at radius 1 is 1.23 bits per heavy atom. The van der Waals surface area contributed by atoms with E-state index in [-0.39, 0.29) is 0 Å². The monoisotopic (exact) mass is 183 g/mol. The SMILES string of the molecule is COCCN1CCC2CCCCC21. The average Bonchev–Trinajstić information content (AvgIpc) is 2.58. The highest BCUT2D eigenvalue weighted by molar-refractivity contribution is 4.89. The standard InChI is InChI=1S/C11H21NO/c1-13-9-8-12-7-6-10-4-2-3-5-11(10)12/h10-11H,2-9H2,1H3. The van der Waals surface area contributed by atoms with E-state index in [2.05, 4.69) is 4.90 Å². The third-order valence-electron chi connectivity index (χ3n) is 3.71. The van der Waals surface area contributed by atoms with Crippen molar-refractivity contribution in [3.63, 3.8) is 0 Å². The predicted octanol–water partition coefficient (Wildman–Crippen LogP) is 1.90. The van der Waals surface area contributed by atoms with Crippen LogP contribution in [-0.2, 0) is 4.74 Å². The molecule has 1 heterocycles. The van der Waals surface area contributed by atoms with E-state index in [1.807, 2.05) is 0 Å². The summed E-state index contributed by atoms with van der Waals surface area (Å²) < 4.78 is 5.14. The molecule has 0 aromatic heterocycles. The molecule has 2 aliphatic rings. The Morgan fingerprint density at radius 2 is 2.08 bits per heavy atom. The van der Waals surface area contributed by atoms with Gasteiger partial charge in [-0.15, -0.1) is 0 Å². The predicted molar refractivity (Wildman–Crippen MR) is 53.8 cm³/mol. The summed E-state index contributed by atoms with van der Waals surface area (Å²) in [4.78, 5) is 2.65. The van der Waals surface area contributed by atoms with Crippen LogP contribution in [-0.4, -0.2) is 37.7 Å². The van der Waals surface area contributed by atoms with E-state index >= 15 is 0 Å². The molecule has 76 valence electrons. The van der Waals surface area contributed by atoms with E-state index in [9.17, 15) is 0 Å². The van der Waals surface area contributed by atoms with E-state index in [0.29, 0.717) is 0 Å². The first kappa shape index (κ1) is 9.47. The summed E-state index contributed by atoms with van der Waals surface area (Å²) in [6.07, 6.45) is 7.28. The van der Waals surface area contributed by atoms with Crippen molar-refractivity contribution in [2.75, 3.05) is 26.8 Å². The fourth-order valence-corrected chi connectivity index (χ4v) is 2.99. The molecule has 0 spiro atoms. The normalized spacial score (nSPS) is 34.8. The Kier molecular flexibility index (Phi) is 3.23. The molecule has 2 atom stereocenters. The Bertz CT molecular complexity index is 160. The van der Waals surface area contributed by atoms with Gasteiger partial charge in [0.2, 0.25) is 0 Å². The molecule has 2 fully saturated rings. The first-order chi connectivity index (χ1) is 6.42. The molecule has 0 aromatic carbocycles. The van der Waals surface area contributed by atoms with Gasteiger partial charge in [0.15, 0.2) is 0 Å². The van der Waals surface area contributed by atoms with Crippen LogP contribution >= 0.6 is 0 Å². The second-order valence-electron chi connectivity index (χ2n) is 4.43. The highest BCUT2D eigenvalue weighted by atomic mass is 16.5. The van der Waals surface area contributed by atoms with Gasteiger partial charge >= 0.3 is 0 Å². The maximum absolute atomic E-state index is 5.14. The number of ether oxygens (including phenoxy) is 1. The summed E-state index contributed by atoms with van der Waals surface area (Å²) in [6, 6.07) is 0.906. The van der Waals surface area contributed by atoms with Crippen LogP contribution in [0.25, 0.3) is 0 Å². The lowest BCUT2D eigenvalue weighted by atomic mass is 9.85. The lowest BCUT2D eigenvalue weighted by molar-refractivity contribution is 0.120. The Morgan fingerprint density at radius 3 is 2.92 bits per heavy atom. The lowest BCUT2D eigenvalue weighted by Gasteiger charge is -2.31. The molecule has 2 nitrogen and oxygen atoms in total. The molecule has 2 unspecified atom stereocenters. The van der Waals surface area contributed by atoms with Crippen LogP contribution in [0, 0.1) is 5.92 Å². The van der Waals surface area contributed by atoms with Crippen molar-refractivity contribution in [2.45, 2.75) is 38.1 Å². The van der Waals surface area contributed by atoms with E-state index in [4.69, 9.17) is 4.74 Å². The van der Waals surface area contributed by atoms with E-state index in [1.165, 1.54) is 38.6 Å². The topological polar surface area (TPSA) is 12.5 Å². The number of nitrogens with zero attached hydrogens (tertiary/aromatic N) is 1. The second-order valence-corrected chi connectivity index (χ2v) is 4.43. The van der Waals surface area contributed by atoms with Gasteiger partial charge in [0.1, 0.15) is 0 Å². The van der Waals surface area contributed by atoms with Gasteiger partial charge in [-0.1, -0.05) is 12.8 Å². The molecule has 2 heteroatoms. The molecule has 13 heavy (non-hydrogen) atoms. The zero-order valence-corrected chi connectivity index (χ0v) is 8.67. The zero-order valence-electron chi connectivity index (χ0n) is 8.67. The molecule has 0 N–H and O–H groups in total. The van der Waals surface area contributed by atoms with E-state index < -0.39 is 0 Å². The minimum absolute atomic E-state index is 0.906. The number of likely N-dealkylation sites (tertiary alicyclic amines) is 1. The highest BCUT2D eigenvalue weighted by Gasteiger charge is 2.34. The smallest absolute Gasteiger partial charge is 0.0589 e. The molecular formula is C11H21NO. The van der Waals surface area contributed by atoms with Gasteiger partial charge in [0.25, 0.3) is 0 Å². The van der Waals surface area contributed by atoms with Gasteiger partial charge in [0.05, 0.1) is 6.61 Å². The van der Waals surface area contributed by atoms with Crippen LogP contribution in [0.1, 0.15) is 32.1 Å². The van der Waals surface area contributed by atoms with Crippen molar-refractivity contribution in [2.24, 2.45) is 5.92 Å². The quantitative estimate of drug-likeness (QED) is 0.662. The molecule has 0 aromatic rings. The molecule has 0 amide bonds. The number of hydrogen-bond donors (Lipinski definition) is 0. The third-order valence-corrected chi connectivity index (χ3v) is 3.71. The number of fused-ring (bicyclic) bond motifs is 1. The Labute approximate surface area is 81.3 Å². The Hall–Kier alpha value is -0.0800. The summed E-state index contributed by atoms with van der Waals surface area (Å²) in [5, 5.41) is 0. The maximum Gasteiger partial charge on any atom is 0.0589 e. The first-order valence-electron chi connectivity index (χ1n) is 5.65. The van der Waals surface area contributed by atoms with Crippen molar-refractivity contribution >= 4 is 0 Å².